The molecule has 280 valence electrons. The fourth-order valence-corrected chi connectivity index (χ4v) is 5.33. The maximum atomic E-state index is 10.7. The second kappa shape index (κ2) is 17.8. The van der Waals surface area contributed by atoms with Crippen LogP contribution in [0.2, 0.25) is 0 Å². The van der Waals surface area contributed by atoms with Crippen molar-refractivity contribution in [3.05, 3.63) is 0 Å². The van der Waals surface area contributed by atoms with Crippen molar-refractivity contribution >= 4 is 0 Å². The van der Waals surface area contributed by atoms with Crippen LogP contribution in [0, 0.1) is 0 Å². The van der Waals surface area contributed by atoms with Gasteiger partial charge in [0.25, 0.3) is 0 Å². The molecule has 23 heteroatoms. The van der Waals surface area contributed by atoms with Crippen LogP contribution in [0.1, 0.15) is 0 Å². The third-order valence-corrected chi connectivity index (χ3v) is 8.17. The van der Waals surface area contributed by atoms with Gasteiger partial charge >= 0.3 is 0 Å². The summed E-state index contributed by atoms with van der Waals surface area (Å²) in [4.78, 5) is 0. The molecule has 18 N–H and O–H groups in total. The zero-order chi connectivity index (χ0) is 33.3. The molecule has 0 saturated carbocycles. The summed E-state index contributed by atoms with van der Waals surface area (Å²) in [6.07, 6.45) is -34.9. The van der Waals surface area contributed by atoms with Gasteiger partial charge in [0.1, 0.15) is 97.7 Å². The van der Waals surface area contributed by atoms with Gasteiger partial charge < -0.3 is 116 Å². The Morgan fingerprint density at radius 2 is 0.766 bits per heavy atom. The molecule has 4 fully saturated rings. The van der Waals surface area contributed by atoms with Crippen LogP contribution in [-0.4, -0.2) is 232 Å². The van der Waals surface area contributed by atoms with E-state index in [1.807, 2.05) is 0 Å². The molecule has 0 aromatic carbocycles. The molecule has 4 saturated heterocycles. The molecule has 47 heavy (non-hydrogen) atoms. The quantitative estimate of drug-likeness (QED) is 0.100. The van der Waals surface area contributed by atoms with Crippen molar-refractivity contribution in [3.63, 3.8) is 0 Å². The number of rotatable bonds is 10. The number of hydrogen-bond acceptors (Lipinski definition) is 21. The highest BCUT2D eigenvalue weighted by atomic mass is 16.8. The Hall–Kier alpha value is -0.920. The first-order chi connectivity index (χ1) is 21.2. The lowest BCUT2D eigenvalue weighted by Crippen LogP contribution is -2.65. The van der Waals surface area contributed by atoms with Gasteiger partial charge in [0, 0.05) is 0 Å². The summed E-state index contributed by atoms with van der Waals surface area (Å²) >= 11 is 0. The molecule has 0 bridgehead atoms. The summed E-state index contributed by atoms with van der Waals surface area (Å²) in [5, 5.41) is 141. The average Bonchev–Trinajstić information content (AvgIpc) is 3.02. The normalized spacial score (nSPS) is 50.7. The van der Waals surface area contributed by atoms with Crippen LogP contribution in [0.4, 0.5) is 0 Å². The molecule has 0 aromatic heterocycles. The first-order valence-corrected chi connectivity index (χ1v) is 14.1. The van der Waals surface area contributed by atoms with Gasteiger partial charge in [0.2, 0.25) is 0 Å². The molecule has 0 radical (unpaired) electrons. The highest BCUT2D eigenvalue weighted by Crippen LogP contribution is 2.31. The van der Waals surface area contributed by atoms with Gasteiger partial charge in [-0.2, -0.15) is 0 Å². The minimum atomic E-state index is -1.99. The van der Waals surface area contributed by atoms with Crippen LogP contribution in [-0.2, 0) is 33.2 Å². The molecule has 23 nitrogen and oxygen atoms in total. The number of ether oxygens (including phenoxy) is 7. The highest BCUT2D eigenvalue weighted by molar-refractivity contribution is 4.95. The smallest absolute Gasteiger partial charge is 0.187 e. The lowest BCUT2D eigenvalue weighted by Gasteiger charge is -2.46. The zero-order valence-electron chi connectivity index (χ0n) is 24.5. The van der Waals surface area contributed by atoms with E-state index in [0.717, 1.165) is 0 Å². The van der Waals surface area contributed by atoms with E-state index in [9.17, 15) is 71.5 Å². The van der Waals surface area contributed by atoms with Crippen molar-refractivity contribution in [2.45, 2.75) is 123 Å². The fourth-order valence-electron chi connectivity index (χ4n) is 5.33. The minimum Gasteiger partial charge on any atom is -0.412 e. The SMILES string of the molecule is O.O.OCC1OC(OCC2O[C@@H](O[C@@H]3C(CO[C@@H]4OC(CO)[C@H](O)[C@H](O)C4O)O[C@@H](O)[C@H](O)[C@H]3O)[C@H](O)[C@@H](O)[C@@H]2O)[C@@H](O)C(O)[C@H]1O. The summed E-state index contributed by atoms with van der Waals surface area (Å²) in [7, 11) is 0. The molecule has 4 rings (SSSR count). The number of hydrogen-bond donors (Lipinski definition) is 14. The Bertz CT molecular complexity index is 916. The minimum absolute atomic E-state index is 0. The first kappa shape index (κ1) is 42.2. The van der Waals surface area contributed by atoms with Gasteiger partial charge in [-0.25, -0.2) is 0 Å². The lowest BCUT2D eigenvalue weighted by atomic mass is 9.96. The molecular weight excluding hydrogens is 656 g/mol. The predicted octanol–water partition coefficient (Wildman–Crippen LogP) is -11.4. The predicted molar refractivity (Wildman–Crippen MR) is 141 cm³/mol. The molecular formula is C24H46O23. The average molecular weight is 703 g/mol. The van der Waals surface area contributed by atoms with Crippen molar-refractivity contribution in [2.75, 3.05) is 26.4 Å². The van der Waals surface area contributed by atoms with Crippen LogP contribution < -0.4 is 0 Å². The van der Waals surface area contributed by atoms with E-state index in [1.165, 1.54) is 0 Å². The van der Waals surface area contributed by atoms with Gasteiger partial charge in [0.15, 0.2) is 25.2 Å². The molecule has 0 amide bonds. The van der Waals surface area contributed by atoms with E-state index in [1.54, 1.807) is 0 Å². The first-order valence-electron chi connectivity index (χ1n) is 14.1. The Morgan fingerprint density at radius 1 is 0.383 bits per heavy atom. The van der Waals surface area contributed by atoms with Gasteiger partial charge in [-0.15, -0.1) is 0 Å². The lowest BCUT2D eigenvalue weighted by molar-refractivity contribution is -0.368. The van der Waals surface area contributed by atoms with Gasteiger partial charge in [-0.1, -0.05) is 0 Å². The molecule has 20 atom stereocenters. The molecule has 0 aliphatic carbocycles. The summed E-state index contributed by atoms with van der Waals surface area (Å²) in [5.41, 5.74) is 0. The third kappa shape index (κ3) is 8.88. The van der Waals surface area contributed by atoms with E-state index in [4.69, 9.17) is 33.2 Å². The van der Waals surface area contributed by atoms with E-state index >= 15 is 0 Å². The summed E-state index contributed by atoms with van der Waals surface area (Å²) in [6.45, 7) is -2.90. The second-order valence-corrected chi connectivity index (χ2v) is 11.2. The Labute approximate surface area is 265 Å². The van der Waals surface area contributed by atoms with Crippen molar-refractivity contribution in [3.8, 4) is 0 Å². The molecule has 4 heterocycles. The van der Waals surface area contributed by atoms with E-state index < -0.39 is 149 Å². The fraction of sp³-hybridized carbons (Fsp3) is 1.00. The van der Waals surface area contributed by atoms with E-state index in [-0.39, 0.29) is 11.0 Å². The van der Waals surface area contributed by atoms with Crippen LogP contribution in [0.25, 0.3) is 0 Å². The summed E-state index contributed by atoms with van der Waals surface area (Å²) in [6, 6.07) is 0. The van der Waals surface area contributed by atoms with Crippen LogP contribution in [0.15, 0.2) is 0 Å². The largest absolute Gasteiger partial charge is 0.412 e. The van der Waals surface area contributed by atoms with Crippen molar-refractivity contribution in [1.82, 2.24) is 0 Å². The Kier molecular flexibility index (Phi) is 16.0. The Balaban J connectivity index is 0.00000384. The topological polar surface area (TPSA) is 411 Å². The van der Waals surface area contributed by atoms with Gasteiger partial charge in [-0.05, 0) is 0 Å². The number of aliphatic hydroxyl groups excluding tert-OH is 14. The molecule has 4 aliphatic heterocycles. The maximum absolute atomic E-state index is 10.7. The number of aliphatic hydroxyl groups is 14. The molecule has 0 aromatic rings. The van der Waals surface area contributed by atoms with Crippen molar-refractivity contribution in [1.29, 1.82) is 0 Å². The molecule has 4 aliphatic rings. The summed E-state index contributed by atoms with van der Waals surface area (Å²) in [5.74, 6) is 0. The highest BCUT2D eigenvalue weighted by Gasteiger charge is 2.52. The van der Waals surface area contributed by atoms with Crippen LogP contribution >= 0.6 is 0 Å². The Morgan fingerprint density at radius 3 is 1.21 bits per heavy atom. The van der Waals surface area contributed by atoms with Crippen LogP contribution in [0.5, 0.6) is 0 Å². The van der Waals surface area contributed by atoms with Crippen molar-refractivity contribution in [2.24, 2.45) is 0 Å². The summed E-state index contributed by atoms with van der Waals surface area (Å²) < 4.78 is 37.6. The maximum Gasteiger partial charge on any atom is 0.187 e. The molecule has 7 unspecified atom stereocenters. The second-order valence-electron chi connectivity index (χ2n) is 11.2. The monoisotopic (exact) mass is 702 g/mol. The van der Waals surface area contributed by atoms with Crippen LogP contribution in [0.3, 0.4) is 0 Å². The van der Waals surface area contributed by atoms with Crippen molar-refractivity contribution < 1.29 is 116 Å². The zero-order valence-corrected chi connectivity index (χ0v) is 24.5. The third-order valence-electron chi connectivity index (χ3n) is 8.17. The molecule has 0 spiro atoms. The van der Waals surface area contributed by atoms with Gasteiger partial charge in [-0.3, -0.25) is 0 Å². The standard InChI is InChI=1S/C24H42O21.2H2O/c25-1-5-9(27)12(30)17(35)22(42-5)39-3-7-11(29)14(32)19(37)24(44-7)45-20-8(41-21(38)16(34)15(20)33)4-40-23-18(36)13(31)10(28)6(2-26)43-23;;/h5-38H,1-4H2;2*1H2/t5?,6?,7?,8?,9-,10-,11+,12?,13-,14-,15+,16+,17-,18?,19+,20+,21+,22?,23+,24-;;/m0../s1. The van der Waals surface area contributed by atoms with Gasteiger partial charge in [0.05, 0.1) is 26.4 Å². The van der Waals surface area contributed by atoms with E-state index in [2.05, 4.69) is 0 Å². The van der Waals surface area contributed by atoms with E-state index in [0.29, 0.717) is 0 Å².